The second kappa shape index (κ2) is 3.19. The molecule has 2 nitrogen and oxygen atoms in total. The zero-order chi connectivity index (χ0) is 8.27. The minimum atomic E-state index is 0.919. The lowest BCUT2D eigenvalue weighted by atomic mass is 10.2. The molecule has 11 heavy (non-hydrogen) atoms. The van der Waals surface area contributed by atoms with Crippen molar-refractivity contribution in [3.8, 4) is 0 Å². The Bertz CT molecular complexity index is 284. The summed E-state index contributed by atoms with van der Waals surface area (Å²) in [5, 5.41) is 0. The van der Waals surface area contributed by atoms with Crippen molar-refractivity contribution in [1.29, 1.82) is 0 Å². The van der Waals surface area contributed by atoms with E-state index in [-0.39, 0.29) is 0 Å². The molecule has 0 aromatic carbocycles. The van der Waals surface area contributed by atoms with Crippen LogP contribution in [0, 0.1) is 13.8 Å². The highest BCUT2D eigenvalue weighted by Gasteiger charge is 1.98. The fraction of sp³-hybridized carbons (Fsp3) is 0.222. The first kappa shape index (κ1) is 7.79. The van der Waals surface area contributed by atoms with Crippen molar-refractivity contribution in [3.05, 3.63) is 29.4 Å². The van der Waals surface area contributed by atoms with Gasteiger partial charge in [-0.1, -0.05) is 0 Å². The predicted octanol–water partition coefficient (Wildman–Crippen LogP) is 2.57. The summed E-state index contributed by atoms with van der Waals surface area (Å²) in [6, 6.07) is 1.97. The van der Waals surface area contributed by atoms with Crippen LogP contribution in [0.25, 0.3) is 6.08 Å². The maximum atomic E-state index is 5.30. The summed E-state index contributed by atoms with van der Waals surface area (Å²) in [5.41, 5.74) is 1.06. The van der Waals surface area contributed by atoms with E-state index in [2.05, 4.69) is 11.7 Å². The molecule has 0 saturated carbocycles. The van der Waals surface area contributed by atoms with Gasteiger partial charge in [0.25, 0.3) is 0 Å². The summed E-state index contributed by atoms with van der Waals surface area (Å²) in [4.78, 5) is 3.61. The molecule has 1 heterocycles. The van der Waals surface area contributed by atoms with E-state index < -0.39 is 0 Å². The maximum Gasteiger partial charge on any atom is 0.108 e. The Morgan fingerprint density at radius 3 is 2.73 bits per heavy atom. The molecule has 1 aromatic heterocycles. The third-order valence-electron chi connectivity index (χ3n) is 1.44. The molecule has 0 N–H and O–H groups in total. The van der Waals surface area contributed by atoms with E-state index >= 15 is 0 Å². The van der Waals surface area contributed by atoms with Gasteiger partial charge in [0.2, 0.25) is 0 Å². The molecule has 0 saturated heterocycles. The summed E-state index contributed by atoms with van der Waals surface area (Å²) in [7, 11) is 0. The zero-order valence-electron chi connectivity index (χ0n) is 6.79. The normalized spacial score (nSPS) is 10.7. The fourth-order valence-corrected chi connectivity index (χ4v) is 0.949. The van der Waals surface area contributed by atoms with Gasteiger partial charge in [-0.3, -0.25) is 4.99 Å². The third-order valence-corrected chi connectivity index (χ3v) is 1.44. The second-order valence-electron chi connectivity index (χ2n) is 2.37. The van der Waals surface area contributed by atoms with E-state index in [1.165, 1.54) is 0 Å². The van der Waals surface area contributed by atoms with Gasteiger partial charge in [0.05, 0.1) is 0 Å². The van der Waals surface area contributed by atoms with Gasteiger partial charge in [-0.25, -0.2) is 0 Å². The molecule has 58 valence electrons. The Balaban J connectivity index is 2.93. The molecule has 0 bridgehead atoms. The Kier molecular flexibility index (Phi) is 2.26. The topological polar surface area (TPSA) is 25.5 Å². The molecule has 0 unspecified atom stereocenters. The third kappa shape index (κ3) is 1.80. The number of hydrogen-bond donors (Lipinski definition) is 0. The van der Waals surface area contributed by atoms with Crippen LogP contribution in [-0.4, -0.2) is 6.72 Å². The van der Waals surface area contributed by atoms with Crippen molar-refractivity contribution >= 4 is 12.8 Å². The van der Waals surface area contributed by atoms with Crippen LogP contribution in [0.5, 0.6) is 0 Å². The first-order valence-corrected chi connectivity index (χ1v) is 3.43. The highest BCUT2D eigenvalue weighted by Crippen LogP contribution is 2.14. The van der Waals surface area contributed by atoms with Crippen LogP contribution >= 0.6 is 0 Å². The van der Waals surface area contributed by atoms with E-state index in [0.29, 0.717) is 0 Å². The van der Waals surface area contributed by atoms with Crippen LogP contribution in [0.15, 0.2) is 21.7 Å². The Hall–Kier alpha value is -1.31. The van der Waals surface area contributed by atoms with Crippen LogP contribution < -0.4 is 0 Å². The van der Waals surface area contributed by atoms with Gasteiger partial charge in [0.1, 0.15) is 11.5 Å². The number of aliphatic imine (C=N–C) groups is 1. The average molecular weight is 149 g/mol. The van der Waals surface area contributed by atoms with Gasteiger partial charge in [0.15, 0.2) is 0 Å². The van der Waals surface area contributed by atoms with Crippen LogP contribution in [0.2, 0.25) is 0 Å². The molecular weight excluding hydrogens is 138 g/mol. The van der Waals surface area contributed by atoms with Gasteiger partial charge >= 0.3 is 0 Å². The summed E-state index contributed by atoms with van der Waals surface area (Å²) < 4.78 is 5.30. The van der Waals surface area contributed by atoms with Gasteiger partial charge in [-0.05, 0) is 32.7 Å². The molecule has 2 heteroatoms. The van der Waals surface area contributed by atoms with Gasteiger partial charge in [0, 0.05) is 11.8 Å². The first-order valence-electron chi connectivity index (χ1n) is 3.43. The average Bonchev–Trinajstić information content (AvgIpc) is 2.26. The molecule has 0 aliphatic carbocycles. The molecule has 1 rings (SSSR count). The number of aryl methyl sites for hydroxylation is 2. The van der Waals surface area contributed by atoms with Crippen LogP contribution in [-0.2, 0) is 0 Å². The Labute approximate surface area is 66.3 Å². The largest absolute Gasteiger partial charge is 0.466 e. The minimum absolute atomic E-state index is 0.919. The maximum absolute atomic E-state index is 5.30. The van der Waals surface area contributed by atoms with Crippen molar-refractivity contribution in [1.82, 2.24) is 0 Å². The smallest absolute Gasteiger partial charge is 0.108 e. The summed E-state index contributed by atoms with van der Waals surface area (Å²) >= 11 is 0. The minimum Gasteiger partial charge on any atom is -0.466 e. The SMILES string of the molecule is C=N/C=C\c1cc(C)oc1C. The molecule has 0 fully saturated rings. The van der Waals surface area contributed by atoms with Crippen molar-refractivity contribution in [2.24, 2.45) is 4.99 Å². The van der Waals surface area contributed by atoms with E-state index in [4.69, 9.17) is 4.42 Å². The quantitative estimate of drug-likeness (QED) is 0.593. The van der Waals surface area contributed by atoms with Crippen LogP contribution in [0.1, 0.15) is 17.1 Å². The molecular formula is C9H11NO. The summed E-state index contributed by atoms with van der Waals surface area (Å²) in [6.07, 6.45) is 3.52. The molecule has 0 aliphatic rings. The molecule has 0 radical (unpaired) electrons. The van der Waals surface area contributed by atoms with E-state index in [1.807, 2.05) is 26.0 Å². The summed E-state index contributed by atoms with van der Waals surface area (Å²) in [5.74, 6) is 1.84. The monoisotopic (exact) mass is 149 g/mol. The molecule has 0 aliphatic heterocycles. The standard InChI is InChI=1S/C9H11NO/c1-7-6-9(4-5-10-3)8(2)11-7/h4-6H,3H2,1-2H3/b5-4-. The highest BCUT2D eigenvalue weighted by molar-refractivity contribution is 5.52. The van der Waals surface area contributed by atoms with Crippen molar-refractivity contribution < 1.29 is 4.42 Å². The summed E-state index contributed by atoms with van der Waals surface area (Å²) in [6.45, 7) is 7.19. The van der Waals surface area contributed by atoms with Gasteiger partial charge in [-0.2, -0.15) is 0 Å². The number of rotatable bonds is 2. The number of nitrogens with zero attached hydrogens (tertiary/aromatic N) is 1. The molecule has 1 aromatic rings. The highest BCUT2D eigenvalue weighted by atomic mass is 16.3. The van der Waals surface area contributed by atoms with Crippen molar-refractivity contribution in [2.45, 2.75) is 13.8 Å². The van der Waals surface area contributed by atoms with E-state index in [1.54, 1.807) is 6.20 Å². The molecule has 0 atom stereocenters. The zero-order valence-corrected chi connectivity index (χ0v) is 6.79. The van der Waals surface area contributed by atoms with Crippen molar-refractivity contribution in [3.63, 3.8) is 0 Å². The van der Waals surface area contributed by atoms with Gasteiger partial charge < -0.3 is 4.42 Å². The molecule has 0 spiro atoms. The Morgan fingerprint density at radius 2 is 2.27 bits per heavy atom. The Morgan fingerprint density at radius 1 is 1.55 bits per heavy atom. The van der Waals surface area contributed by atoms with Crippen LogP contribution in [0.3, 0.4) is 0 Å². The van der Waals surface area contributed by atoms with Gasteiger partial charge in [-0.15, -0.1) is 0 Å². The number of furan rings is 1. The lowest BCUT2D eigenvalue weighted by Gasteiger charge is -1.84. The predicted molar refractivity (Wildman–Crippen MR) is 46.8 cm³/mol. The van der Waals surface area contributed by atoms with E-state index in [9.17, 15) is 0 Å². The van der Waals surface area contributed by atoms with Crippen molar-refractivity contribution in [2.75, 3.05) is 0 Å². The van der Waals surface area contributed by atoms with Crippen LogP contribution in [0.4, 0.5) is 0 Å². The lowest BCUT2D eigenvalue weighted by Crippen LogP contribution is -1.67. The number of hydrogen-bond acceptors (Lipinski definition) is 2. The fourth-order valence-electron chi connectivity index (χ4n) is 0.949. The van der Waals surface area contributed by atoms with E-state index in [0.717, 1.165) is 17.1 Å². The molecule has 0 amide bonds. The lowest BCUT2D eigenvalue weighted by molar-refractivity contribution is 0.504. The second-order valence-corrected chi connectivity index (χ2v) is 2.37. The first-order chi connectivity index (χ1) is 5.24.